The number of rotatable bonds is 4. The van der Waals surface area contributed by atoms with Crippen LogP contribution in [0.1, 0.15) is 13.8 Å². The van der Waals surface area contributed by atoms with Crippen LogP contribution in [-0.2, 0) is 9.47 Å². The maximum atomic E-state index is 5.07. The quantitative estimate of drug-likeness (QED) is 0.396. The van der Waals surface area contributed by atoms with E-state index in [4.69, 9.17) is 9.47 Å². The van der Waals surface area contributed by atoms with Crippen molar-refractivity contribution in [2.75, 3.05) is 13.2 Å². The summed E-state index contributed by atoms with van der Waals surface area (Å²) in [5.41, 5.74) is 0. The zero-order valence-electron chi connectivity index (χ0n) is 5.52. The largest absolute Gasteiger partial charge is 0.358 e. The van der Waals surface area contributed by atoms with E-state index in [1.807, 2.05) is 13.8 Å². The van der Waals surface area contributed by atoms with Crippen molar-refractivity contribution in [3.8, 4) is 0 Å². The molecule has 0 unspecified atom stereocenters. The SMILES string of the molecule is CCOC([SiH2])OCC. The van der Waals surface area contributed by atoms with Gasteiger partial charge in [-0.3, -0.25) is 0 Å². The standard InChI is InChI=1S/C5H13O2Si/c1-3-6-5(8)7-4-2/h5H,3-4,8H2,1-2H3. The predicted molar refractivity (Wildman–Crippen MR) is 35.6 cm³/mol. The number of ether oxygens (including phenoxy) is 2. The van der Waals surface area contributed by atoms with Gasteiger partial charge in [-0.2, -0.15) is 0 Å². The molecule has 2 nitrogen and oxygen atoms in total. The first-order valence-electron chi connectivity index (χ1n) is 2.87. The molecule has 1 radical (unpaired) electrons. The number of hydrogen-bond donors (Lipinski definition) is 0. The maximum absolute atomic E-state index is 5.07. The van der Waals surface area contributed by atoms with E-state index in [9.17, 15) is 0 Å². The van der Waals surface area contributed by atoms with Gasteiger partial charge in [0.2, 0.25) is 0 Å². The van der Waals surface area contributed by atoms with Crippen LogP contribution in [0, 0.1) is 0 Å². The van der Waals surface area contributed by atoms with Crippen molar-refractivity contribution in [1.82, 2.24) is 0 Å². The Morgan fingerprint density at radius 3 is 1.88 bits per heavy atom. The Morgan fingerprint density at radius 1 is 1.25 bits per heavy atom. The Bertz CT molecular complexity index is 43.7. The Morgan fingerprint density at radius 2 is 1.62 bits per heavy atom. The Hall–Kier alpha value is 0.137. The van der Waals surface area contributed by atoms with Crippen molar-refractivity contribution >= 4 is 10.2 Å². The summed E-state index contributed by atoms with van der Waals surface area (Å²) < 4.78 is 10.1. The van der Waals surface area contributed by atoms with E-state index in [-0.39, 0.29) is 5.91 Å². The van der Waals surface area contributed by atoms with Gasteiger partial charge >= 0.3 is 0 Å². The molecule has 8 heavy (non-hydrogen) atoms. The lowest BCUT2D eigenvalue weighted by atomic mass is 10.9. The molecule has 0 rings (SSSR count). The average Bonchev–Trinajstić information content (AvgIpc) is 1.68. The van der Waals surface area contributed by atoms with Crippen LogP contribution in [0.5, 0.6) is 0 Å². The molecule has 0 bridgehead atoms. The molecule has 0 N–H and O–H groups in total. The van der Waals surface area contributed by atoms with Crippen molar-refractivity contribution in [2.24, 2.45) is 0 Å². The molecule has 0 saturated heterocycles. The minimum absolute atomic E-state index is 0.00926. The fourth-order valence-electron chi connectivity index (χ4n) is 0.420. The highest BCUT2D eigenvalue weighted by molar-refractivity contribution is 6.09. The molecule has 0 aromatic rings. The van der Waals surface area contributed by atoms with Crippen molar-refractivity contribution in [3.05, 3.63) is 0 Å². The summed E-state index contributed by atoms with van der Waals surface area (Å²) in [5, 5.41) is 0. The maximum Gasteiger partial charge on any atom is 0.132 e. The summed E-state index contributed by atoms with van der Waals surface area (Å²) in [5.74, 6) is -0.00926. The monoisotopic (exact) mass is 133 g/mol. The van der Waals surface area contributed by atoms with Gasteiger partial charge in [0.05, 0.1) is 10.2 Å². The van der Waals surface area contributed by atoms with Crippen LogP contribution in [-0.4, -0.2) is 29.4 Å². The Balaban J connectivity index is 2.92. The molecular weight excluding hydrogens is 120 g/mol. The van der Waals surface area contributed by atoms with Crippen LogP contribution in [0.2, 0.25) is 0 Å². The van der Waals surface area contributed by atoms with Crippen LogP contribution in [0.25, 0.3) is 0 Å². The lowest BCUT2D eigenvalue weighted by molar-refractivity contribution is -0.0801. The summed E-state index contributed by atoms with van der Waals surface area (Å²) in [6.45, 7) is 5.38. The molecule has 0 aliphatic carbocycles. The van der Waals surface area contributed by atoms with E-state index in [0.717, 1.165) is 13.2 Å². The zero-order chi connectivity index (χ0) is 6.41. The van der Waals surface area contributed by atoms with Crippen molar-refractivity contribution in [1.29, 1.82) is 0 Å². The lowest BCUT2D eigenvalue weighted by Gasteiger charge is -2.09. The zero-order valence-corrected chi connectivity index (χ0v) is 6.93. The van der Waals surface area contributed by atoms with E-state index >= 15 is 0 Å². The highest BCUT2D eigenvalue weighted by Gasteiger charge is 1.94. The van der Waals surface area contributed by atoms with Gasteiger partial charge in [-0.1, -0.05) is 0 Å². The molecule has 0 aliphatic heterocycles. The van der Waals surface area contributed by atoms with Crippen molar-refractivity contribution < 1.29 is 9.47 Å². The minimum Gasteiger partial charge on any atom is -0.358 e. The molecule has 0 aliphatic rings. The third kappa shape index (κ3) is 4.30. The van der Waals surface area contributed by atoms with E-state index in [1.54, 1.807) is 10.2 Å². The van der Waals surface area contributed by atoms with E-state index in [1.165, 1.54) is 0 Å². The molecule has 0 aromatic heterocycles. The predicted octanol–water partition coefficient (Wildman–Crippen LogP) is -0.0239. The number of hydrogen-bond acceptors (Lipinski definition) is 2. The molecule has 0 saturated carbocycles. The van der Waals surface area contributed by atoms with Crippen molar-refractivity contribution in [3.63, 3.8) is 0 Å². The summed E-state index contributed by atoms with van der Waals surface area (Å²) in [7, 11) is 1.71. The average molecular weight is 133 g/mol. The molecule has 0 amide bonds. The minimum atomic E-state index is -0.00926. The topological polar surface area (TPSA) is 18.5 Å². The van der Waals surface area contributed by atoms with Gasteiger partial charge in [0.15, 0.2) is 0 Å². The third-order valence-corrected chi connectivity index (χ3v) is 1.18. The molecule has 0 heterocycles. The van der Waals surface area contributed by atoms with Gasteiger partial charge in [-0.15, -0.1) is 0 Å². The van der Waals surface area contributed by atoms with Gasteiger partial charge in [0.1, 0.15) is 5.91 Å². The normalized spacial score (nSPS) is 10.5. The lowest BCUT2D eigenvalue weighted by Crippen LogP contribution is -2.16. The van der Waals surface area contributed by atoms with Gasteiger partial charge < -0.3 is 9.47 Å². The molecule has 0 spiro atoms. The highest BCUT2D eigenvalue weighted by Crippen LogP contribution is 1.86. The highest BCUT2D eigenvalue weighted by atomic mass is 28.1. The van der Waals surface area contributed by atoms with Gasteiger partial charge in [0.25, 0.3) is 0 Å². The molecular formula is C5H13O2Si. The van der Waals surface area contributed by atoms with Crippen LogP contribution in [0.4, 0.5) is 0 Å². The first-order chi connectivity index (χ1) is 3.81. The van der Waals surface area contributed by atoms with Gasteiger partial charge in [-0.25, -0.2) is 0 Å². The van der Waals surface area contributed by atoms with Gasteiger partial charge in [-0.05, 0) is 13.8 Å². The van der Waals surface area contributed by atoms with Gasteiger partial charge in [0, 0.05) is 13.2 Å². The molecule has 49 valence electrons. The molecule has 3 heteroatoms. The second-order valence-electron chi connectivity index (χ2n) is 1.34. The molecule has 0 fully saturated rings. The fraction of sp³-hybridized carbons (Fsp3) is 1.00. The molecule has 0 aromatic carbocycles. The summed E-state index contributed by atoms with van der Waals surface area (Å²) in [4.78, 5) is 0. The first kappa shape index (κ1) is 8.14. The fourth-order valence-corrected chi connectivity index (χ4v) is 0.891. The van der Waals surface area contributed by atoms with Crippen LogP contribution in [0.15, 0.2) is 0 Å². The Labute approximate surface area is 53.6 Å². The van der Waals surface area contributed by atoms with E-state index < -0.39 is 0 Å². The third-order valence-electron chi connectivity index (χ3n) is 0.705. The summed E-state index contributed by atoms with van der Waals surface area (Å²) in [6.07, 6.45) is 0. The van der Waals surface area contributed by atoms with Crippen molar-refractivity contribution in [2.45, 2.75) is 19.8 Å². The van der Waals surface area contributed by atoms with Crippen LogP contribution in [0.3, 0.4) is 0 Å². The van der Waals surface area contributed by atoms with Crippen LogP contribution >= 0.6 is 0 Å². The Kier molecular flexibility index (Phi) is 5.37. The second kappa shape index (κ2) is 5.28. The van der Waals surface area contributed by atoms with E-state index in [2.05, 4.69) is 0 Å². The summed E-state index contributed by atoms with van der Waals surface area (Å²) >= 11 is 0. The van der Waals surface area contributed by atoms with Crippen LogP contribution < -0.4 is 0 Å². The first-order valence-corrected chi connectivity index (χ1v) is 3.69. The second-order valence-corrected chi connectivity index (χ2v) is 2.01. The molecule has 0 atom stereocenters. The van der Waals surface area contributed by atoms with E-state index in [0.29, 0.717) is 0 Å². The smallest absolute Gasteiger partial charge is 0.132 e. The summed E-state index contributed by atoms with van der Waals surface area (Å²) in [6, 6.07) is 0.